The van der Waals surface area contributed by atoms with Crippen molar-refractivity contribution in [2.45, 2.75) is 98.3 Å². The second-order valence-corrected chi connectivity index (χ2v) is 5.89. The van der Waals surface area contributed by atoms with Crippen molar-refractivity contribution in [3.05, 3.63) is 11.8 Å². The second kappa shape index (κ2) is 14.9. The van der Waals surface area contributed by atoms with Crippen LogP contribution >= 0.6 is 0 Å². The second-order valence-electron chi connectivity index (χ2n) is 5.89. The fourth-order valence-corrected chi connectivity index (χ4v) is 2.60. The maximum atomic E-state index is 5.84. The van der Waals surface area contributed by atoms with Gasteiger partial charge in [-0.1, -0.05) is 65.7 Å². The zero-order valence-corrected chi connectivity index (χ0v) is 14.5. The average Bonchev–Trinajstić information content (AvgIpc) is 2.46. The van der Waals surface area contributed by atoms with Crippen molar-refractivity contribution in [3.63, 3.8) is 0 Å². The van der Waals surface area contributed by atoms with E-state index in [-0.39, 0.29) is 0 Å². The highest BCUT2D eigenvalue weighted by Gasteiger charge is 2.06. The topological polar surface area (TPSA) is 9.23 Å². The quantitative estimate of drug-likeness (QED) is 0.249. The van der Waals surface area contributed by atoms with Crippen LogP contribution in [0, 0.1) is 5.92 Å². The van der Waals surface area contributed by atoms with Crippen LogP contribution in [-0.4, -0.2) is 6.61 Å². The van der Waals surface area contributed by atoms with E-state index in [1.165, 1.54) is 70.0 Å². The predicted octanol–water partition coefficient (Wildman–Crippen LogP) is 6.87. The minimum atomic E-state index is 0.719. The Morgan fingerprint density at radius 2 is 1.50 bits per heavy atom. The first-order valence-electron chi connectivity index (χ1n) is 9.11. The lowest BCUT2D eigenvalue weighted by molar-refractivity contribution is 0.212. The summed E-state index contributed by atoms with van der Waals surface area (Å²) in [5, 5.41) is 0. The van der Waals surface area contributed by atoms with Gasteiger partial charge in [0.05, 0.1) is 12.4 Å². The summed E-state index contributed by atoms with van der Waals surface area (Å²) in [6.45, 7) is 9.76. The molecule has 120 valence electrons. The van der Waals surface area contributed by atoms with Gasteiger partial charge in [-0.05, 0) is 38.2 Å². The number of ether oxygens (including phenoxy) is 1. The standard InChI is InChI=1S/C19H38O/c1-5-9-11-12-13-14-16-19(20-8-4)17-18(7-3)15-10-6-2/h17-18H,5-16H2,1-4H3/b19-17-. The molecular weight excluding hydrogens is 244 g/mol. The molecule has 0 fully saturated rings. The third-order valence-corrected chi connectivity index (χ3v) is 3.98. The molecule has 0 amide bonds. The Hall–Kier alpha value is -0.460. The molecule has 0 aromatic carbocycles. The van der Waals surface area contributed by atoms with Crippen LogP contribution in [0.1, 0.15) is 98.3 Å². The van der Waals surface area contributed by atoms with E-state index in [1.807, 2.05) is 0 Å². The third kappa shape index (κ3) is 11.4. The summed E-state index contributed by atoms with van der Waals surface area (Å²) in [5.74, 6) is 1.97. The van der Waals surface area contributed by atoms with Gasteiger partial charge in [0.25, 0.3) is 0 Å². The van der Waals surface area contributed by atoms with Gasteiger partial charge in [0.2, 0.25) is 0 Å². The van der Waals surface area contributed by atoms with E-state index in [0.29, 0.717) is 0 Å². The van der Waals surface area contributed by atoms with Crippen molar-refractivity contribution >= 4 is 0 Å². The van der Waals surface area contributed by atoms with E-state index < -0.39 is 0 Å². The smallest absolute Gasteiger partial charge is 0.0922 e. The molecule has 0 radical (unpaired) electrons. The van der Waals surface area contributed by atoms with E-state index in [2.05, 4.69) is 33.8 Å². The SMILES string of the molecule is CCCCCCCC/C(=C/C(CC)CCCC)OCC. The monoisotopic (exact) mass is 282 g/mol. The summed E-state index contributed by atoms with van der Waals surface area (Å²) in [5.41, 5.74) is 0. The van der Waals surface area contributed by atoms with Gasteiger partial charge in [0, 0.05) is 6.42 Å². The highest BCUT2D eigenvalue weighted by molar-refractivity contribution is 4.97. The lowest BCUT2D eigenvalue weighted by atomic mass is 9.97. The number of hydrogen-bond donors (Lipinski definition) is 0. The minimum absolute atomic E-state index is 0.719. The Bertz CT molecular complexity index is 220. The van der Waals surface area contributed by atoms with Gasteiger partial charge in [-0.3, -0.25) is 0 Å². The summed E-state index contributed by atoms with van der Waals surface area (Å²) in [7, 11) is 0. The molecule has 0 saturated heterocycles. The van der Waals surface area contributed by atoms with Crippen molar-refractivity contribution in [2.75, 3.05) is 6.61 Å². The molecular formula is C19H38O. The molecule has 0 rings (SSSR count). The van der Waals surface area contributed by atoms with Crippen LogP contribution in [0.2, 0.25) is 0 Å². The number of unbranched alkanes of at least 4 members (excludes halogenated alkanes) is 6. The molecule has 20 heavy (non-hydrogen) atoms. The van der Waals surface area contributed by atoms with E-state index >= 15 is 0 Å². The maximum Gasteiger partial charge on any atom is 0.0922 e. The first kappa shape index (κ1) is 19.5. The van der Waals surface area contributed by atoms with Crippen LogP contribution in [0.4, 0.5) is 0 Å². The Kier molecular flexibility index (Phi) is 14.6. The Balaban J connectivity index is 4.04. The van der Waals surface area contributed by atoms with E-state index in [1.54, 1.807) is 0 Å². The highest BCUT2D eigenvalue weighted by Crippen LogP contribution is 2.20. The predicted molar refractivity (Wildman–Crippen MR) is 91.0 cm³/mol. The Morgan fingerprint density at radius 1 is 0.850 bits per heavy atom. The van der Waals surface area contributed by atoms with Crippen LogP contribution in [0.25, 0.3) is 0 Å². The molecule has 0 aliphatic carbocycles. The van der Waals surface area contributed by atoms with Gasteiger partial charge in [-0.25, -0.2) is 0 Å². The Morgan fingerprint density at radius 3 is 2.10 bits per heavy atom. The maximum absolute atomic E-state index is 5.84. The van der Waals surface area contributed by atoms with E-state index in [0.717, 1.165) is 18.9 Å². The van der Waals surface area contributed by atoms with Gasteiger partial charge in [0.15, 0.2) is 0 Å². The summed E-state index contributed by atoms with van der Waals surface area (Å²) in [4.78, 5) is 0. The number of rotatable bonds is 14. The van der Waals surface area contributed by atoms with Gasteiger partial charge in [-0.15, -0.1) is 0 Å². The summed E-state index contributed by atoms with van der Waals surface area (Å²) < 4.78 is 5.84. The van der Waals surface area contributed by atoms with Crippen molar-refractivity contribution in [3.8, 4) is 0 Å². The van der Waals surface area contributed by atoms with Crippen LogP contribution in [0.15, 0.2) is 11.8 Å². The molecule has 0 aliphatic rings. The fourth-order valence-electron chi connectivity index (χ4n) is 2.60. The fraction of sp³-hybridized carbons (Fsp3) is 0.895. The molecule has 1 unspecified atom stereocenters. The minimum Gasteiger partial charge on any atom is -0.499 e. The molecule has 0 spiro atoms. The zero-order valence-electron chi connectivity index (χ0n) is 14.5. The molecule has 0 bridgehead atoms. The number of hydrogen-bond acceptors (Lipinski definition) is 1. The largest absolute Gasteiger partial charge is 0.499 e. The van der Waals surface area contributed by atoms with Crippen LogP contribution in [-0.2, 0) is 4.74 Å². The Labute approximate surface area is 128 Å². The average molecular weight is 283 g/mol. The highest BCUT2D eigenvalue weighted by atomic mass is 16.5. The van der Waals surface area contributed by atoms with Crippen LogP contribution < -0.4 is 0 Å². The van der Waals surface area contributed by atoms with Crippen LogP contribution in [0.5, 0.6) is 0 Å². The lowest BCUT2D eigenvalue weighted by Crippen LogP contribution is -2.00. The van der Waals surface area contributed by atoms with Gasteiger partial charge in [0.1, 0.15) is 0 Å². The van der Waals surface area contributed by atoms with Gasteiger partial charge < -0.3 is 4.74 Å². The van der Waals surface area contributed by atoms with E-state index in [4.69, 9.17) is 4.74 Å². The molecule has 0 aromatic rings. The first-order valence-corrected chi connectivity index (χ1v) is 9.11. The summed E-state index contributed by atoms with van der Waals surface area (Å²) in [6, 6.07) is 0. The molecule has 0 heterocycles. The summed E-state index contributed by atoms with van der Waals surface area (Å²) >= 11 is 0. The molecule has 0 aliphatic heterocycles. The molecule has 1 atom stereocenters. The van der Waals surface area contributed by atoms with Crippen molar-refractivity contribution in [1.82, 2.24) is 0 Å². The van der Waals surface area contributed by atoms with Crippen molar-refractivity contribution in [1.29, 1.82) is 0 Å². The van der Waals surface area contributed by atoms with Crippen LogP contribution in [0.3, 0.4) is 0 Å². The molecule has 0 aromatic heterocycles. The van der Waals surface area contributed by atoms with Gasteiger partial charge in [-0.2, -0.15) is 0 Å². The third-order valence-electron chi connectivity index (χ3n) is 3.98. The zero-order chi connectivity index (χ0) is 15.1. The summed E-state index contributed by atoms with van der Waals surface area (Å²) in [6.07, 6.45) is 16.9. The lowest BCUT2D eigenvalue weighted by Gasteiger charge is -2.14. The molecule has 0 saturated carbocycles. The van der Waals surface area contributed by atoms with Crippen molar-refractivity contribution < 1.29 is 4.74 Å². The molecule has 0 N–H and O–H groups in total. The molecule has 1 heteroatoms. The molecule has 1 nitrogen and oxygen atoms in total. The number of allylic oxidation sites excluding steroid dienone is 2. The van der Waals surface area contributed by atoms with E-state index in [9.17, 15) is 0 Å². The first-order chi connectivity index (χ1) is 9.78. The van der Waals surface area contributed by atoms with Gasteiger partial charge >= 0.3 is 0 Å². The van der Waals surface area contributed by atoms with Crippen molar-refractivity contribution in [2.24, 2.45) is 5.92 Å². The normalized spacial score (nSPS) is 13.5.